The molecule has 0 amide bonds. The molecule has 0 fully saturated rings. The Morgan fingerprint density at radius 2 is 1.10 bits per heavy atom. The predicted octanol–water partition coefficient (Wildman–Crippen LogP) is 5.56. The van der Waals surface area contributed by atoms with Gasteiger partial charge in [-0.2, -0.15) is 0 Å². The van der Waals surface area contributed by atoms with E-state index in [0.717, 1.165) is 22.5 Å². The first-order chi connectivity index (χ1) is 14.5. The summed E-state index contributed by atoms with van der Waals surface area (Å²) < 4.78 is 0. The Morgan fingerprint density at radius 3 is 1.45 bits per heavy atom. The van der Waals surface area contributed by atoms with Crippen LogP contribution >= 0.6 is 0 Å². The zero-order valence-electron chi connectivity index (χ0n) is 17.2. The number of aromatic hydroxyl groups is 2. The zero-order chi connectivity index (χ0) is 21.3. The fourth-order valence-electron chi connectivity index (χ4n) is 2.60. The van der Waals surface area contributed by atoms with E-state index in [4.69, 9.17) is 0 Å². The number of phenolic OH excluding ortho intramolecular Hbond substituents is 2. The molecule has 31 heavy (non-hydrogen) atoms. The molecule has 0 bridgehead atoms. The van der Waals surface area contributed by atoms with Gasteiger partial charge in [-0.25, -0.2) is 0 Å². The molecular formula is C24H24CuN4O2. The standard InChI is InChI=1S/2C12H12N2O.Cu/c2*1-9-4-5-12(15)11(7-9)14-8-10-3-2-6-13-10;/h2*2-8,13,15H,1H3;. The van der Waals surface area contributed by atoms with E-state index in [1.807, 2.05) is 74.8 Å². The van der Waals surface area contributed by atoms with Crippen LogP contribution in [0.3, 0.4) is 0 Å². The maximum absolute atomic E-state index is 9.54. The van der Waals surface area contributed by atoms with Crippen molar-refractivity contribution in [2.24, 2.45) is 9.98 Å². The SMILES string of the molecule is Cc1ccc(O)c(N=Cc2ccc[nH]2)c1.Cc1ccc(O)c(N=Cc2ccc[nH]2)c1.[Cu]. The molecular weight excluding hydrogens is 440 g/mol. The fourth-order valence-corrected chi connectivity index (χ4v) is 2.60. The van der Waals surface area contributed by atoms with E-state index in [2.05, 4.69) is 20.0 Å². The molecule has 0 aliphatic rings. The predicted molar refractivity (Wildman–Crippen MR) is 122 cm³/mol. The van der Waals surface area contributed by atoms with Gasteiger partial charge in [0.2, 0.25) is 0 Å². The van der Waals surface area contributed by atoms with Crippen molar-refractivity contribution in [3.8, 4) is 11.5 Å². The van der Waals surface area contributed by atoms with Gasteiger partial charge in [0.1, 0.15) is 22.9 Å². The molecule has 2 heterocycles. The summed E-state index contributed by atoms with van der Waals surface area (Å²) in [6.45, 7) is 3.93. The number of benzene rings is 2. The largest absolute Gasteiger partial charge is 0.506 e. The second-order valence-electron chi connectivity index (χ2n) is 6.75. The summed E-state index contributed by atoms with van der Waals surface area (Å²) in [5.41, 5.74) is 5.15. The number of aromatic amines is 2. The Kier molecular flexibility index (Phi) is 8.88. The molecule has 6 nitrogen and oxygen atoms in total. The van der Waals surface area contributed by atoms with Crippen molar-refractivity contribution in [3.63, 3.8) is 0 Å². The number of nitrogens with one attached hydrogen (secondary N) is 2. The topological polar surface area (TPSA) is 96.8 Å². The number of nitrogens with zero attached hydrogens (tertiary/aromatic N) is 2. The minimum atomic E-state index is 0. The number of aromatic nitrogens is 2. The smallest absolute Gasteiger partial charge is 0.141 e. The first-order valence-electron chi connectivity index (χ1n) is 9.45. The average molecular weight is 464 g/mol. The third kappa shape index (κ3) is 7.33. The molecule has 1 radical (unpaired) electrons. The van der Waals surface area contributed by atoms with Crippen LogP contribution in [-0.2, 0) is 17.1 Å². The summed E-state index contributed by atoms with van der Waals surface area (Å²) in [6, 6.07) is 18.3. The van der Waals surface area contributed by atoms with Crippen molar-refractivity contribution in [2.45, 2.75) is 13.8 Å². The molecule has 0 aliphatic heterocycles. The van der Waals surface area contributed by atoms with Gasteiger partial charge in [-0.1, -0.05) is 12.1 Å². The van der Waals surface area contributed by atoms with Crippen molar-refractivity contribution in [1.82, 2.24) is 9.97 Å². The van der Waals surface area contributed by atoms with Gasteiger partial charge in [-0.3, -0.25) is 9.98 Å². The second-order valence-corrected chi connectivity index (χ2v) is 6.75. The van der Waals surface area contributed by atoms with Crippen molar-refractivity contribution in [1.29, 1.82) is 0 Å². The Bertz CT molecular complexity index is 1040. The van der Waals surface area contributed by atoms with Crippen molar-refractivity contribution < 1.29 is 27.3 Å². The first-order valence-corrected chi connectivity index (χ1v) is 9.45. The molecule has 0 saturated heterocycles. The molecule has 4 aromatic rings. The number of aryl methyl sites for hydroxylation is 2. The van der Waals surface area contributed by atoms with Gasteiger partial charge in [-0.15, -0.1) is 0 Å². The third-order valence-electron chi connectivity index (χ3n) is 4.19. The number of hydrogen-bond donors (Lipinski definition) is 4. The summed E-state index contributed by atoms with van der Waals surface area (Å²) in [5.74, 6) is 0.395. The summed E-state index contributed by atoms with van der Waals surface area (Å²) in [4.78, 5) is 14.4. The molecule has 0 saturated carbocycles. The molecule has 0 aliphatic carbocycles. The minimum Gasteiger partial charge on any atom is -0.506 e. The van der Waals surface area contributed by atoms with E-state index in [9.17, 15) is 10.2 Å². The number of aliphatic imine (C=N–C) groups is 2. The van der Waals surface area contributed by atoms with Gasteiger partial charge in [0, 0.05) is 29.5 Å². The van der Waals surface area contributed by atoms with Crippen LogP contribution in [0.2, 0.25) is 0 Å². The number of H-pyrrole nitrogens is 2. The van der Waals surface area contributed by atoms with Crippen LogP contribution in [0.5, 0.6) is 11.5 Å². The fraction of sp³-hybridized carbons (Fsp3) is 0.0833. The van der Waals surface area contributed by atoms with Gasteiger partial charge < -0.3 is 20.2 Å². The number of phenols is 2. The van der Waals surface area contributed by atoms with Crippen LogP contribution in [0, 0.1) is 13.8 Å². The van der Waals surface area contributed by atoms with Crippen LogP contribution in [0.25, 0.3) is 0 Å². The Morgan fingerprint density at radius 1 is 0.677 bits per heavy atom. The van der Waals surface area contributed by atoms with Crippen LogP contribution in [0.1, 0.15) is 22.5 Å². The van der Waals surface area contributed by atoms with E-state index in [1.54, 1.807) is 24.6 Å². The number of rotatable bonds is 4. The van der Waals surface area contributed by atoms with Crippen LogP contribution in [-0.4, -0.2) is 32.6 Å². The maximum Gasteiger partial charge on any atom is 0.141 e. The Balaban J connectivity index is 0.000000213. The van der Waals surface area contributed by atoms with Crippen molar-refractivity contribution >= 4 is 23.8 Å². The van der Waals surface area contributed by atoms with E-state index < -0.39 is 0 Å². The van der Waals surface area contributed by atoms with Gasteiger partial charge in [-0.05, 0) is 73.5 Å². The van der Waals surface area contributed by atoms with Crippen LogP contribution in [0.15, 0.2) is 83.0 Å². The molecule has 0 atom stereocenters. The molecule has 2 aromatic carbocycles. The minimum absolute atomic E-state index is 0. The summed E-state index contributed by atoms with van der Waals surface area (Å²) in [6.07, 6.45) is 7.04. The van der Waals surface area contributed by atoms with Gasteiger partial charge in [0.15, 0.2) is 0 Å². The third-order valence-corrected chi connectivity index (χ3v) is 4.19. The summed E-state index contributed by atoms with van der Waals surface area (Å²) in [7, 11) is 0. The maximum atomic E-state index is 9.54. The molecule has 4 N–H and O–H groups in total. The average Bonchev–Trinajstić information content (AvgIpc) is 3.44. The molecule has 163 valence electrons. The van der Waals surface area contributed by atoms with E-state index in [0.29, 0.717) is 11.4 Å². The van der Waals surface area contributed by atoms with Gasteiger partial charge in [0.05, 0.1) is 23.8 Å². The summed E-state index contributed by atoms with van der Waals surface area (Å²) >= 11 is 0. The first kappa shape index (κ1) is 23.7. The summed E-state index contributed by atoms with van der Waals surface area (Å²) in [5, 5.41) is 19.1. The van der Waals surface area contributed by atoms with Crippen molar-refractivity contribution in [3.05, 3.63) is 95.6 Å². The molecule has 2 aromatic heterocycles. The molecule has 7 heteroatoms. The monoisotopic (exact) mass is 463 g/mol. The van der Waals surface area contributed by atoms with Gasteiger partial charge in [0.25, 0.3) is 0 Å². The normalized spacial score (nSPS) is 10.6. The van der Waals surface area contributed by atoms with Crippen molar-refractivity contribution in [2.75, 3.05) is 0 Å². The Hall–Kier alpha value is -3.54. The molecule has 0 spiro atoms. The molecule has 4 rings (SSSR count). The zero-order valence-corrected chi connectivity index (χ0v) is 18.1. The van der Waals surface area contributed by atoms with E-state index in [-0.39, 0.29) is 28.6 Å². The van der Waals surface area contributed by atoms with E-state index in [1.165, 1.54) is 0 Å². The van der Waals surface area contributed by atoms with Gasteiger partial charge >= 0.3 is 0 Å². The van der Waals surface area contributed by atoms with Crippen LogP contribution in [0.4, 0.5) is 11.4 Å². The Labute approximate surface area is 191 Å². The second kappa shape index (κ2) is 11.6. The van der Waals surface area contributed by atoms with Crippen LogP contribution < -0.4 is 0 Å². The number of hydrogen-bond acceptors (Lipinski definition) is 4. The molecule has 0 unspecified atom stereocenters. The van der Waals surface area contributed by atoms with E-state index >= 15 is 0 Å². The quantitative estimate of drug-likeness (QED) is 0.235.